The van der Waals surface area contributed by atoms with Crippen molar-refractivity contribution in [2.45, 2.75) is 20.3 Å². The van der Waals surface area contributed by atoms with Gasteiger partial charge in [-0.05, 0) is 53.5 Å². The molecule has 0 saturated heterocycles. The largest absolute Gasteiger partial charge is 0.493 e. The molecule has 132 valence electrons. The number of methoxy groups -OCH3 is 1. The second-order valence-electron chi connectivity index (χ2n) is 5.44. The van der Waals surface area contributed by atoms with Crippen LogP contribution in [0.4, 0.5) is 0 Å². The van der Waals surface area contributed by atoms with E-state index in [1.165, 1.54) is 0 Å². The summed E-state index contributed by atoms with van der Waals surface area (Å²) >= 11 is 3.48. The second-order valence-corrected chi connectivity index (χ2v) is 6.29. The molecular formula is C19H21BrN2O3. The fourth-order valence-electron chi connectivity index (χ4n) is 2.06. The van der Waals surface area contributed by atoms with E-state index in [9.17, 15) is 4.79 Å². The van der Waals surface area contributed by atoms with Crippen molar-refractivity contribution in [1.29, 1.82) is 0 Å². The Morgan fingerprint density at radius 2 is 1.96 bits per heavy atom. The number of hydrazone groups is 1. The Bertz CT molecular complexity index is 758. The van der Waals surface area contributed by atoms with Crippen LogP contribution in [-0.2, 0) is 0 Å². The van der Waals surface area contributed by atoms with Crippen LogP contribution in [-0.4, -0.2) is 25.8 Å². The Morgan fingerprint density at radius 1 is 1.24 bits per heavy atom. The summed E-state index contributed by atoms with van der Waals surface area (Å²) in [6, 6.07) is 10.9. The summed E-state index contributed by atoms with van der Waals surface area (Å²) in [6.07, 6.45) is 2.47. The number of halogens is 1. The summed E-state index contributed by atoms with van der Waals surface area (Å²) < 4.78 is 11.8. The zero-order valence-electron chi connectivity index (χ0n) is 14.5. The summed E-state index contributed by atoms with van der Waals surface area (Å²) in [6.45, 7) is 4.63. The number of hydrogen-bond donors (Lipinski definition) is 1. The highest BCUT2D eigenvalue weighted by atomic mass is 79.9. The van der Waals surface area contributed by atoms with Crippen LogP contribution in [0.1, 0.15) is 34.8 Å². The number of hydrogen-bond acceptors (Lipinski definition) is 4. The van der Waals surface area contributed by atoms with Crippen LogP contribution in [0.5, 0.6) is 11.5 Å². The monoisotopic (exact) mass is 404 g/mol. The third kappa shape index (κ3) is 5.32. The van der Waals surface area contributed by atoms with Crippen LogP contribution < -0.4 is 14.9 Å². The molecule has 0 aliphatic carbocycles. The molecule has 0 aromatic heterocycles. The number of carbonyl (C=O) groups excluding carboxylic acids is 1. The minimum Gasteiger partial charge on any atom is -0.493 e. The number of carbonyl (C=O) groups is 1. The van der Waals surface area contributed by atoms with E-state index in [1.807, 2.05) is 32.0 Å². The van der Waals surface area contributed by atoms with E-state index in [2.05, 4.69) is 26.5 Å². The van der Waals surface area contributed by atoms with E-state index in [0.717, 1.165) is 22.0 Å². The molecule has 25 heavy (non-hydrogen) atoms. The highest BCUT2D eigenvalue weighted by molar-refractivity contribution is 9.10. The van der Waals surface area contributed by atoms with Gasteiger partial charge in [0.25, 0.3) is 5.91 Å². The highest BCUT2D eigenvalue weighted by Gasteiger charge is 2.09. The smallest absolute Gasteiger partial charge is 0.271 e. The maximum atomic E-state index is 12.0. The maximum Gasteiger partial charge on any atom is 0.271 e. The van der Waals surface area contributed by atoms with Crippen molar-refractivity contribution in [3.63, 3.8) is 0 Å². The molecule has 0 bridgehead atoms. The molecule has 5 nitrogen and oxygen atoms in total. The van der Waals surface area contributed by atoms with E-state index >= 15 is 0 Å². The molecule has 0 aliphatic rings. The number of amides is 1. The molecule has 2 aromatic carbocycles. The standard InChI is InChI=1S/C19H21BrN2O3/c1-4-9-25-18-11-16(20)15(10-17(18)24-3)12-21-22-19(23)14-7-5-13(2)6-8-14/h5-8,10-12H,4,9H2,1-3H3,(H,22,23). The molecule has 0 aliphatic heterocycles. The van der Waals surface area contributed by atoms with Crippen LogP contribution in [0, 0.1) is 6.92 Å². The number of nitrogens with one attached hydrogen (secondary N) is 1. The molecule has 2 aromatic rings. The molecule has 6 heteroatoms. The first-order valence-corrected chi connectivity index (χ1v) is 8.74. The third-order valence-electron chi connectivity index (χ3n) is 3.43. The van der Waals surface area contributed by atoms with Gasteiger partial charge in [-0.3, -0.25) is 4.79 Å². The lowest BCUT2D eigenvalue weighted by Crippen LogP contribution is -2.17. The Kier molecular flexibility index (Phi) is 7.01. The first-order chi connectivity index (χ1) is 12.0. The molecule has 2 rings (SSSR count). The van der Waals surface area contributed by atoms with E-state index < -0.39 is 0 Å². The maximum absolute atomic E-state index is 12.0. The Morgan fingerprint density at radius 3 is 2.60 bits per heavy atom. The van der Waals surface area contributed by atoms with Crippen LogP contribution in [0.3, 0.4) is 0 Å². The molecule has 1 amide bonds. The molecule has 0 atom stereocenters. The Hall–Kier alpha value is -2.34. The van der Waals surface area contributed by atoms with Crippen LogP contribution >= 0.6 is 15.9 Å². The van der Waals surface area contributed by atoms with Crippen LogP contribution in [0.2, 0.25) is 0 Å². The van der Waals surface area contributed by atoms with Gasteiger partial charge in [0, 0.05) is 15.6 Å². The van der Waals surface area contributed by atoms with E-state index in [-0.39, 0.29) is 5.91 Å². The summed E-state index contributed by atoms with van der Waals surface area (Å²) in [5.74, 6) is 1.02. The summed E-state index contributed by atoms with van der Waals surface area (Å²) in [5.41, 5.74) is 4.94. The van der Waals surface area contributed by atoms with Crippen molar-refractivity contribution < 1.29 is 14.3 Å². The van der Waals surface area contributed by atoms with Gasteiger partial charge in [0.05, 0.1) is 19.9 Å². The predicted molar refractivity (Wildman–Crippen MR) is 103 cm³/mol. The summed E-state index contributed by atoms with van der Waals surface area (Å²) in [5, 5.41) is 4.02. The van der Waals surface area contributed by atoms with Crippen LogP contribution in [0.15, 0.2) is 46.0 Å². The molecule has 0 spiro atoms. The van der Waals surface area contributed by atoms with Crippen molar-refractivity contribution >= 4 is 28.1 Å². The third-order valence-corrected chi connectivity index (χ3v) is 4.11. The SMILES string of the molecule is CCCOc1cc(Br)c(C=NNC(=O)c2ccc(C)cc2)cc1OC. The molecule has 0 saturated carbocycles. The van der Waals surface area contributed by atoms with Gasteiger partial charge in [-0.25, -0.2) is 5.43 Å². The van der Waals surface area contributed by atoms with E-state index in [0.29, 0.717) is 23.7 Å². The summed E-state index contributed by atoms with van der Waals surface area (Å²) in [4.78, 5) is 12.0. The van der Waals surface area contributed by atoms with Gasteiger partial charge < -0.3 is 9.47 Å². The fraction of sp³-hybridized carbons (Fsp3) is 0.263. The van der Waals surface area contributed by atoms with E-state index in [4.69, 9.17) is 9.47 Å². The quantitative estimate of drug-likeness (QED) is 0.552. The van der Waals surface area contributed by atoms with Gasteiger partial charge in [-0.15, -0.1) is 0 Å². The van der Waals surface area contributed by atoms with E-state index in [1.54, 1.807) is 31.5 Å². The average Bonchev–Trinajstić information content (AvgIpc) is 2.61. The zero-order valence-corrected chi connectivity index (χ0v) is 16.1. The molecule has 0 radical (unpaired) electrons. The lowest BCUT2D eigenvalue weighted by molar-refractivity contribution is 0.0955. The van der Waals surface area contributed by atoms with Gasteiger partial charge in [0.15, 0.2) is 11.5 Å². The highest BCUT2D eigenvalue weighted by Crippen LogP contribution is 2.33. The molecule has 1 N–H and O–H groups in total. The van der Waals surface area contributed by atoms with Gasteiger partial charge in [-0.2, -0.15) is 5.10 Å². The minimum atomic E-state index is -0.262. The second kappa shape index (κ2) is 9.22. The van der Waals surface area contributed by atoms with Gasteiger partial charge in [0.2, 0.25) is 0 Å². The normalized spacial score (nSPS) is 10.7. The average molecular weight is 405 g/mol. The van der Waals surface area contributed by atoms with Gasteiger partial charge in [0.1, 0.15) is 0 Å². The lowest BCUT2D eigenvalue weighted by Gasteiger charge is -2.12. The first kappa shape index (κ1) is 19.0. The van der Waals surface area contributed by atoms with Crippen molar-refractivity contribution in [3.05, 3.63) is 57.6 Å². The number of ether oxygens (including phenoxy) is 2. The lowest BCUT2D eigenvalue weighted by atomic mass is 10.1. The zero-order chi connectivity index (χ0) is 18.2. The predicted octanol–water partition coefficient (Wildman–Crippen LogP) is 4.32. The Labute approximate surface area is 156 Å². The molecule has 0 unspecified atom stereocenters. The molecular weight excluding hydrogens is 384 g/mol. The Balaban J connectivity index is 2.09. The number of nitrogens with zero attached hydrogens (tertiary/aromatic N) is 1. The van der Waals surface area contributed by atoms with Crippen molar-refractivity contribution in [2.24, 2.45) is 5.10 Å². The fourth-order valence-corrected chi connectivity index (χ4v) is 2.49. The first-order valence-electron chi connectivity index (χ1n) is 7.95. The van der Waals surface area contributed by atoms with Gasteiger partial charge >= 0.3 is 0 Å². The van der Waals surface area contributed by atoms with Crippen molar-refractivity contribution in [1.82, 2.24) is 5.43 Å². The topological polar surface area (TPSA) is 59.9 Å². The molecule has 0 fully saturated rings. The number of benzene rings is 2. The van der Waals surface area contributed by atoms with Crippen molar-refractivity contribution in [3.8, 4) is 11.5 Å². The summed E-state index contributed by atoms with van der Waals surface area (Å²) in [7, 11) is 1.59. The van der Waals surface area contributed by atoms with Crippen LogP contribution in [0.25, 0.3) is 0 Å². The molecule has 0 heterocycles. The minimum absolute atomic E-state index is 0.262. The van der Waals surface area contributed by atoms with Gasteiger partial charge in [-0.1, -0.05) is 24.6 Å². The number of rotatable bonds is 7. The number of aryl methyl sites for hydroxylation is 1. The van der Waals surface area contributed by atoms with Crippen molar-refractivity contribution in [2.75, 3.05) is 13.7 Å².